The van der Waals surface area contributed by atoms with Gasteiger partial charge in [-0.25, -0.2) is 0 Å². The number of aliphatic carboxylic acids is 1. The van der Waals surface area contributed by atoms with E-state index in [0.717, 1.165) is 0 Å². The highest BCUT2D eigenvalue weighted by atomic mass is 16.5. The van der Waals surface area contributed by atoms with Gasteiger partial charge in [-0.3, -0.25) is 9.69 Å². The van der Waals surface area contributed by atoms with Crippen LogP contribution in [0.25, 0.3) is 0 Å². The van der Waals surface area contributed by atoms with Gasteiger partial charge in [-0.1, -0.05) is 0 Å². The first-order valence-electron chi connectivity index (χ1n) is 5.43. The second-order valence-corrected chi connectivity index (χ2v) is 5.04. The van der Waals surface area contributed by atoms with Gasteiger partial charge in [0.15, 0.2) is 0 Å². The molecule has 0 bridgehead atoms. The van der Waals surface area contributed by atoms with E-state index in [9.17, 15) is 9.90 Å². The van der Waals surface area contributed by atoms with Crippen molar-refractivity contribution in [3.63, 3.8) is 0 Å². The molecule has 1 aliphatic heterocycles. The van der Waals surface area contributed by atoms with Crippen LogP contribution in [-0.2, 0) is 14.3 Å². The van der Waals surface area contributed by atoms with Crippen LogP contribution in [0.2, 0.25) is 0 Å². The lowest BCUT2D eigenvalue weighted by Crippen LogP contribution is -2.62. The van der Waals surface area contributed by atoms with Gasteiger partial charge < -0.3 is 14.6 Å². The molecule has 1 unspecified atom stereocenters. The molecule has 5 nitrogen and oxygen atoms in total. The van der Waals surface area contributed by atoms with Crippen LogP contribution < -0.4 is 0 Å². The van der Waals surface area contributed by atoms with Crippen molar-refractivity contribution in [3.8, 4) is 0 Å². The monoisotopic (exact) mass is 231 g/mol. The van der Waals surface area contributed by atoms with E-state index in [-0.39, 0.29) is 12.2 Å². The molecule has 1 rings (SSSR count). The fourth-order valence-electron chi connectivity index (χ4n) is 2.01. The fraction of sp³-hybridized carbons (Fsp3) is 0.909. The molecular formula is C11H21NO4. The Kier molecular flexibility index (Phi) is 3.93. The van der Waals surface area contributed by atoms with Gasteiger partial charge in [0.1, 0.15) is 5.54 Å². The van der Waals surface area contributed by atoms with Gasteiger partial charge in [0, 0.05) is 20.2 Å². The third kappa shape index (κ3) is 2.72. The van der Waals surface area contributed by atoms with Crippen molar-refractivity contribution in [3.05, 3.63) is 0 Å². The standard InChI is InChI=1S/C11H21NO4/c1-10(2)7-12(5-6-16-10)11(3,8-15-4)9(13)14/h5-8H2,1-4H3,(H,13,14). The van der Waals surface area contributed by atoms with Crippen LogP contribution in [0.3, 0.4) is 0 Å². The Morgan fingerprint density at radius 1 is 1.62 bits per heavy atom. The molecule has 0 aromatic heterocycles. The van der Waals surface area contributed by atoms with Crippen LogP contribution in [0.15, 0.2) is 0 Å². The van der Waals surface area contributed by atoms with Gasteiger partial charge in [-0.15, -0.1) is 0 Å². The fourth-order valence-corrected chi connectivity index (χ4v) is 2.01. The molecule has 1 aliphatic rings. The Hall–Kier alpha value is -0.650. The number of carboxylic acids is 1. The van der Waals surface area contributed by atoms with E-state index in [1.54, 1.807) is 6.92 Å². The highest BCUT2D eigenvalue weighted by Crippen LogP contribution is 2.24. The van der Waals surface area contributed by atoms with Gasteiger partial charge in [-0.05, 0) is 20.8 Å². The van der Waals surface area contributed by atoms with Crippen LogP contribution in [0, 0.1) is 0 Å². The lowest BCUT2D eigenvalue weighted by atomic mass is 9.97. The molecule has 1 saturated heterocycles. The van der Waals surface area contributed by atoms with Gasteiger partial charge in [0.25, 0.3) is 0 Å². The second-order valence-electron chi connectivity index (χ2n) is 5.04. The van der Waals surface area contributed by atoms with Crippen molar-refractivity contribution in [2.24, 2.45) is 0 Å². The zero-order valence-electron chi connectivity index (χ0n) is 10.4. The average molecular weight is 231 g/mol. The van der Waals surface area contributed by atoms with E-state index in [2.05, 4.69) is 0 Å². The Morgan fingerprint density at radius 3 is 2.69 bits per heavy atom. The van der Waals surface area contributed by atoms with Crippen molar-refractivity contribution in [1.82, 2.24) is 4.90 Å². The Morgan fingerprint density at radius 2 is 2.25 bits per heavy atom. The topological polar surface area (TPSA) is 59.0 Å². The van der Waals surface area contributed by atoms with Gasteiger partial charge in [0.2, 0.25) is 0 Å². The summed E-state index contributed by atoms with van der Waals surface area (Å²) in [5, 5.41) is 9.32. The highest BCUT2D eigenvalue weighted by Gasteiger charge is 2.43. The summed E-state index contributed by atoms with van der Waals surface area (Å²) < 4.78 is 10.6. The number of hydrogen-bond donors (Lipinski definition) is 1. The van der Waals surface area contributed by atoms with Crippen LogP contribution >= 0.6 is 0 Å². The number of carbonyl (C=O) groups is 1. The Balaban J connectivity index is 2.82. The number of rotatable bonds is 4. The van der Waals surface area contributed by atoms with Crippen molar-refractivity contribution < 1.29 is 19.4 Å². The maximum atomic E-state index is 11.4. The zero-order chi connectivity index (χ0) is 12.4. The SMILES string of the molecule is COCC(C)(C(=O)O)N1CCOC(C)(C)C1. The predicted octanol–water partition coefficient (Wildman–Crippen LogP) is 0.587. The molecule has 0 saturated carbocycles. The third-order valence-corrected chi connectivity index (χ3v) is 3.01. The molecule has 0 amide bonds. The minimum atomic E-state index is -0.976. The van der Waals surface area contributed by atoms with E-state index < -0.39 is 11.5 Å². The number of methoxy groups -OCH3 is 1. The summed E-state index contributed by atoms with van der Waals surface area (Å²) in [5.74, 6) is -0.855. The molecule has 16 heavy (non-hydrogen) atoms. The minimum Gasteiger partial charge on any atom is -0.480 e. The first-order valence-corrected chi connectivity index (χ1v) is 5.43. The Bertz CT molecular complexity index is 267. The summed E-state index contributed by atoms with van der Waals surface area (Å²) >= 11 is 0. The summed E-state index contributed by atoms with van der Waals surface area (Å²) in [4.78, 5) is 13.3. The summed E-state index contributed by atoms with van der Waals surface area (Å²) in [5.41, 5.74) is -1.28. The lowest BCUT2D eigenvalue weighted by molar-refractivity contribution is -0.167. The smallest absolute Gasteiger partial charge is 0.326 e. The normalized spacial score (nSPS) is 25.0. The van der Waals surface area contributed by atoms with Crippen molar-refractivity contribution in [2.75, 3.05) is 33.4 Å². The number of carboxylic acid groups (broad SMARTS) is 1. The molecule has 0 aliphatic carbocycles. The molecule has 1 heterocycles. The number of hydrogen-bond acceptors (Lipinski definition) is 4. The van der Waals surface area contributed by atoms with Gasteiger partial charge in [-0.2, -0.15) is 0 Å². The first-order chi connectivity index (χ1) is 7.32. The van der Waals surface area contributed by atoms with Crippen LogP contribution in [0.1, 0.15) is 20.8 Å². The van der Waals surface area contributed by atoms with E-state index >= 15 is 0 Å². The largest absolute Gasteiger partial charge is 0.480 e. The maximum Gasteiger partial charge on any atom is 0.326 e. The van der Waals surface area contributed by atoms with Crippen molar-refractivity contribution in [2.45, 2.75) is 31.9 Å². The molecular weight excluding hydrogens is 210 g/mol. The molecule has 1 fully saturated rings. The molecule has 5 heteroatoms. The minimum absolute atomic E-state index is 0.179. The molecule has 0 aromatic rings. The van der Waals surface area contributed by atoms with Crippen molar-refractivity contribution in [1.29, 1.82) is 0 Å². The van der Waals surface area contributed by atoms with Crippen LogP contribution in [0.5, 0.6) is 0 Å². The second kappa shape index (κ2) is 4.69. The summed E-state index contributed by atoms with van der Waals surface area (Å²) in [6.45, 7) is 7.58. The zero-order valence-corrected chi connectivity index (χ0v) is 10.4. The molecule has 0 aromatic carbocycles. The maximum absolute atomic E-state index is 11.4. The van der Waals surface area contributed by atoms with E-state index in [1.165, 1.54) is 7.11 Å². The molecule has 0 spiro atoms. The van der Waals surface area contributed by atoms with Gasteiger partial charge >= 0.3 is 5.97 Å². The number of morpholine rings is 1. The summed E-state index contributed by atoms with van der Waals surface area (Å²) in [6.07, 6.45) is 0. The number of nitrogens with zero attached hydrogens (tertiary/aromatic N) is 1. The molecule has 94 valence electrons. The predicted molar refractivity (Wildman–Crippen MR) is 59.5 cm³/mol. The van der Waals surface area contributed by atoms with Crippen LogP contribution in [0.4, 0.5) is 0 Å². The van der Waals surface area contributed by atoms with Crippen molar-refractivity contribution >= 4 is 5.97 Å². The van der Waals surface area contributed by atoms with E-state index in [0.29, 0.717) is 19.7 Å². The quantitative estimate of drug-likeness (QED) is 0.767. The third-order valence-electron chi connectivity index (χ3n) is 3.01. The lowest BCUT2D eigenvalue weighted by Gasteiger charge is -2.45. The summed E-state index contributed by atoms with van der Waals surface area (Å²) in [7, 11) is 1.52. The Labute approximate surface area is 96.3 Å². The number of ether oxygens (including phenoxy) is 2. The molecule has 0 radical (unpaired) electrons. The first kappa shape index (κ1) is 13.4. The van der Waals surface area contributed by atoms with Crippen LogP contribution in [-0.4, -0.2) is 60.5 Å². The molecule has 1 N–H and O–H groups in total. The van der Waals surface area contributed by atoms with Gasteiger partial charge in [0.05, 0.1) is 18.8 Å². The van der Waals surface area contributed by atoms with E-state index in [1.807, 2.05) is 18.7 Å². The average Bonchev–Trinajstić information content (AvgIpc) is 2.16. The highest BCUT2D eigenvalue weighted by molar-refractivity contribution is 5.78. The molecule has 1 atom stereocenters. The summed E-state index contributed by atoms with van der Waals surface area (Å²) in [6, 6.07) is 0. The van der Waals surface area contributed by atoms with E-state index in [4.69, 9.17) is 9.47 Å².